The van der Waals surface area contributed by atoms with Crippen molar-refractivity contribution in [2.45, 2.75) is 33.3 Å². The van der Waals surface area contributed by atoms with E-state index in [1.54, 1.807) is 0 Å². The van der Waals surface area contributed by atoms with E-state index in [1.807, 2.05) is 42.5 Å². The van der Waals surface area contributed by atoms with Crippen molar-refractivity contribution in [1.82, 2.24) is 0 Å². The number of carbonyl (C=O) groups excluding carboxylic acids is 1. The van der Waals surface area contributed by atoms with Crippen molar-refractivity contribution in [3.05, 3.63) is 64.7 Å². The molecule has 0 unspecified atom stereocenters. The minimum atomic E-state index is 0.525. The van der Waals surface area contributed by atoms with Crippen LogP contribution in [0.15, 0.2) is 42.5 Å². The molecule has 2 rings (SSSR count). The molecular weight excluding hydrogens is 248 g/mol. The average Bonchev–Trinajstić information content (AvgIpc) is 2.52. The lowest BCUT2D eigenvalue weighted by molar-refractivity contribution is 0.112. The van der Waals surface area contributed by atoms with Crippen LogP contribution in [0.1, 0.15) is 40.9 Å². The second-order valence-electron chi connectivity index (χ2n) is 4.71. The zero-order valence-electron chi connectivity index (χ0n) is 12.1. The summed E-state index contributed by atoms with van der Waals surface area (Å²) in [6.45, 7) is 4.64. The summed E-state index contributed by atoms with van der Waals surface area (Å²) < 4.78 is 5.90. The van der Waals surface area contributed by atoms with Crippen molar-refractivity contribution in [3.63, 3.8) is 0 Å². The number of benzene rings is 2. The standard InChI is InChI=1S/C18H20O2/c1-3-15-10-11-18(16(4-2)17(15)12-19)20-13-14-8-6-5-7-9-14/h5-12H,3-4,13H2,1-2H3. The Hall–Kier alpha value is -2.09. The van der Waals surface area contributed by atoms with Gasteiger partial charge in [0.1, 0.15) is 12.4 Å². The fraction of sp³-hybridized carbons (Fsp3) is 0.278. The monoisotopic (exact) mass is 268 g/mol. The topological polar surface area (TPSA) is 26.3 Å². The van der Waals surface area contributed by atoms with E-state index in [2.05, 4.69) is 13.8 Å². The van der Waals surface area contributed by atoms with Crippen molar-refractivity contribution in [3.8, 4) is 5.75 Å². The Balaban J connectivity index is 2.25. The largest absolute Gasteiger partial charge is 0.489 e. The van der Waals surface area contributed by atoms with Gasteiger partial charge in [0.05, 0.1) is 0 Å². The van der Waals surface area contributed by atoms with E-state index in [9.17, 15) is 4.79 Å². The predicted octanol–water partition coefficient (Wildman–Crippen LogP) is 4.20. The van der Waals surface area contributed by atoms with Gasteiger partial charge in [0, 0.05) is 11.1 Å². The highest BCUT2D eigenvalue weighted by atomic mass is 16.5. The Morgan fingerprint density at radius 2 is 1.75 bits per heavy atom. The highest BCUT2D eigenvalue weighted by Gasteiger charge is 2.11. The molecule has 2 aromatic rings. The average molecular weight is 268 g/mol. The number of aldehydes is 1. The smallest absolute Gasteiger partial charge is 0.150 e. The third-order valence-corrected chi connectivity index (χ3v) is 3.49. The molecule has 0 aliphatic carbocycles. The van der Waals surface area contributed by atoms with Crippen LogP contribution in [0.4, 0.5) is 0 Å². The van der Waals surface area contributed by atoms with Crippen LogP contribution in [0.2, 0.25) is 0 Å². The van der Waals surface area contributed by atoms with Crippen LogP contribution < -0.4 is 4.74 Å². The van der Waals surface area contributed by atoms with E-state index < -0.39 is 0 Å². The Kier molecular flexibility index (Phi) is 4.94. The fourth-order valence-electron chi connectivity index (χ4n) is 2.38. The van der Waals surface area contributed by atoms with Gasteiger partial charge >= 0.3 is 0 Å². The first kappa shape index (κ1) is 14.3. The van der Waals surface area contributed by atoms with Crippen molar-refractivity contribution < 1.29 is 9.53 Å². The molecule has 20 heavy (non-hydrogen) atoms. The minimum Gasteiger partial charge on any atom is -0.489 e. The van der Waals surface area contributed by atoms with E-state index in [0.29, 0.717) is 6.61 Å². The van der Waals surface area contributed by atoms with Crippen molar-refractivity contribution in [1.29, 1.82) is 0 Å². The number of hydrogen-bond acceptors (Lipinski definition) is 2. The zero-order valence-corrected chi connectivity index (χ0v) is 12.1. The van der Waals surface area contributed by atoms with E-state index in [4.69, 9.17) is 4.74 Å². The molecular formula is C18H20O2. The Morgan fingerprint density at radius 1 is 1.00 bits per heavy atom. The highest BCUT2D eigenvalue weighted by Crippen LogP contribution is 2.26. The molecule has 104 valence electrons. The molecule has 0 aliphatic heterocycles. The Labute approximate surface area is 120 Å². The molecule has 0 aliphatic rings. The van der Waals surface area contributed by atoms with Crippen LogP contribution in [0.3, 0.4) is 0 Å². The van der Waals surface area contributed by atoms with Gasteiger partial charge in [-0.1, -0.05) is 50.2 Å². The van der Waals surface area contributed by atoms with Gasteiger partial charge in [-0.3, -0.25) is 4.79 Å². The molecule has 0 spiro atoms. The second-order valence-corrected chi connectivity index (χ2v) is 4.71. The number of ether oxygens (including phenoxy) is 1. The quantitative estimate of drug-likeness (QED) is 0.734. The molecule has 0 saturated heterocycles. The van der Waals surface area contributed by atoms with Crippen LogP contribution in [-0.4, -0.2) is 6.29 Å². The van der Waals surface area contributed by atoms with Gasteiger partial charge in [-0.15, -0.1) is 0 Å². The summed E-state index contributed by atoms with van der Waals surface area (Å²) in [6, 6.07) is 14.0. The molecule has 0 N–H and O–H groups in total. The number of aryl methyl sites for hydroxylation is 1. The Bertz CT molecular complexity index is 573. The van der Waals surface area contributed by atoms with E-state index in [-0.39, 0.29) is 0 Å². The lowest BCUT2D eigenvalue weighted by atomic mass is 9.97. The minimum absolute atomic E-state index is 0.525. The van der Waals surface area contributed by atoms with Crippen molar-refractivity contribution in [2.75, 3.05) is 0 Å². The molecule has 2 heteroatoms. The Morgan fingerprint density at radius 3 is 2.35 bits per heavy atom. The summed E-state index contributed by atoms with van der Waals surface area (Å²) in [5, 5.41) is 0. The highest BCUT2D eigenvalue weighted by molar-refractivity contribution is 5.81. The maximum atomic E-state index is 11.3. The summed E-state index contributed by atoms with van der Waals surface area (Å²) in [7, 11) is 0. The maximum Gasteiger partial charge on any atom is 0.150 e. The normalized spacial score (nSPS) is 10.3. The van der Waals surface area contributed by atoms with Crippen LogP contribution in [0, 0.1) is 0 Å². The van der Waals surface area contributed by atoms with Gasteiger partial charge in [-0.25, -0.2) is 0 Å². The van der Waals surface area contributed by atoms with E-state index in [1.165, 1.54) is 0 Å². The third kappa shape index (κ3) is 3.08. The molecule has 0 heterocycles. The van der Waals surface area contributed by atoms with Crippen LogP contribution in [0.25, 0.3) is 0 Å². The lowest BCUT2D eigenvalue weighted by Gasteiger charge is -2.15. The lowest BCUT2D eigenvalue weighted by Crippen LogP contribution is -2.03. The first-order valence-electron chi connectivity index (χ1n) is 7.06. The molecule has 0 bridgehead atoms. The van der Waals surface area contributed by atoms with Crippen molar-refractivity contribution >= 4 is 6.29 Å². The third-order valence-electron chi connectivity index (χ3n) is 3.49. The number of rotatable bonds is 6. The fourth-order valence-corrected chi connectivity index (χ4v) is 2.38. The molecule has 0 saturated carbocycles. The maximum absolute atomic E-state index is 11.3. The molecule has 0 aromatic heterocycles. The first-order valence-corrected chi connectivity index (χ1v) is 7.06. The van der Waals surface area contributed by atoms with Gasteiger partial charge in [-0.05, 0) is 30.0 Å². The van der Waals surface area contributed by atoms with Gasteiger partial charge in [0.25, 0.3) is 0 Å². The van der Waals surface area contributed by atoms with Crippen LogP contribution in [-0.2, 0) is 19.4 Å². The zero-order chi connectivity index (χ0) is 14.4. The van der Waals surface area contributed by atoms with Crippen LogP contribution in [0.5, 0.6) is 5.75 Å². The number of carbonyl (C=O) groups is 1. The van der Waals surface area contributed by atoms with E-state index in [0.717, 1.165) is 47.1 Å². The molecule has 2 nitrogen and oxygen atoms in total. The summed E-state index contributed by atoms with van der Waals surface area (Å²) >= 11 is 0. The van der Waals surface area contributed by atoms with Gasteiger partial charge < -0.3 is 4.74 Å². The number of hydrogen-bond donors (Lipinski definition) is 0. The van der Waals surface area contributed by atoms with Gasteiger partial charge in [-0.2, -0.15) is 0 Å². The van der Waals surface area contributed by atoms with Gasteiger partial charge in [0.2, 0.25) is 0 Å². The SMILES string of the molecule is CCc1ccc(OCc2ccccc2)c(CC)c1C=O. The molecule has 0 radical (unpaired) electrons. The molecule has 0 atom stereocenters. The summed E-state index contributed by atoms with van der Waals surface area (Å²) in [6.07, 6.45) is 2.61. The van der Waals surface area contributed by atoms with Gasteiger partial charge in [0.15, 0.2) is 6.29 Å². The first-order chi connectivity index (χ1) is 9.80. The van der Waals surface area contributed by atoms with Crippen LogP contribution >= 0.6 is 0 Å². The predicted molar refractivity (Wildman–Crippen MR) is 81.4 cm³/mol. The van der Waals surface area contributed by atoms with Crippen molar-refractivity contribution in [2.24, 2.45) is 0 Å². The molecule has 2 aromatic carbocycles. The summed E-state index contributed by atoms with van der Waals surface area (Å²) in [4.78, 5) is 11.3. The molecule has 0 fully saturated rings. The van der Waals surface area contributed by atoms with E-state index >= 15 is 0 Å². The summed E-state index contributed by atoms with van der Waals surface area (Å²) in [5.41, 5.74) is 4.02. The summed E-state index contributed by atoms with van der Waals surface area (Å²) in [5.74, 6) is 0.815. The molecule has 0 amide bonds. The second kappa shape index (κ2) is 6.90.